The van der Waals surface area contributed by atoms with Crippen molar-refractivity contribution in [1.29, 1.82) is 0 Å². The van der Waals surface area contributed by atoms with Crippen molar-refractivity contribution >= 4 is 0 Å². The van der Waals surface area contributed by atoms with E-state index in [0.29, 0.717) is 0 Å². The molecule has 0 N–H and O–H groups in total. The highest BCUT2D eigenvalue weighted by Crippen LogP contribution is 2.38. The van der Waals surface area contributed by atoms with Gasteiger partial charge in [-0.05, 0) is 79.9 Å². The van der Waals surface area contributed by atoms with Crippen molar-refractivity contribution in [1.82, 2.24) is 0 Å². The molecule has 1 aromatic rings. The quantitative estimate of drug-likeness (QED) is 0.433. The zero-order valence-corrected chi connectivity index (χ0v) is 17.2. The molecule has 2 fully saturated rings. The van der Waals surface area contributed by atoms with Gasteiger partial charge in [-0.3, -0.25) is 0 Å². The molecule has 26 heavy (non-hydrogen) atoms. The van der Waals surface area contributed by atoms with Crippen LogP contribution in [0.1, 0.15) is 102 Å². The van der Waals surface area contributed by atoms with Gasteiger partial charge in [0.1, 0.15) is 5.75 Å². The predicted molar refractivity (Wildman–Crippen MR) is 112 cm³/mol. The highest BCUT2D eigenvalue weighted by Gasteiger charge is 2.22. The highest BCUT2D eigenvalue weighted by molar-refractivity contribution is 5.29. The normalized spacial score (nSPS) is 29.5. The minimum absolute atomic E-state index is 0.782. The lowest BCUT2D eigenvalue weighted by molar-refractivity contribution is 0.217. The SMILES string of the molecule is CCCC1CCC(c2ccc(OCCCC3CCCCC3C)cc2)CC1. The first-order valence-electron chi connectivity index (χ1n) is 11.5. The summed E-state index contributed by atoms with van der Waals surface area (Å²) >= 11 is 0. The van der Waals surface area contributed by atoms with E-state index in [9.17, 15) is 0 Å². The van der Waals surface area contributed by atoms with Crippen LogP contribution in [0.25, 0.3) is 0 Å². The molecule has 2 saturated carbocycles. The number of hydrogen-bond donors (Lipinski definition) is 0. The number of ether oxygens (including phenoxy) is 1. The number of hydrogen-bond acceptors (Lipinski definition) is 1. The first-order chi connectivity index (χ1) is 12.8. The van der Waals surface area contributed by atoms with Gasteiger partial charge in [-0.25, -0.2) is 0 Å². The Labute approximate surface area is 161 Å². The molecule has 1 nitrogen and oxygen atoms in total. The minimum atomic E-state index is 0.782. The van der Waals surface area contributed by atoms with Crippen LogP contribution in [0.2, 0.25) is 0 Å². The topological polar surface area (TPSA) is 9.23 Å². The molecule has 0 radical (unpaired) electrons. The van der Waals surface area contributed by atoms with E-state index >= 15 is 0 Å². The Bertz CT molecular complexity index is 497. The van der Waals surface area contributed by atoms with E-state index in [0.717, 1.165) is 36.0 Å². The zero-order chi connectivity index (χ0) is 18.2. The van der Waals surface area contributed by atoms with Gasteiger partial charge in [0, 0.05) is 0 Å². The van der Waals surface area contributed by atoms with Gasteiger partial charge in [0.15, 0.2) is 0 Å². The van der Waals surface area contributed by atoms with Crippen molar-refractivity contribution in [3.8, 4) is 5.75 Å². The number of rotatable bonds is 8. The fourth-order valence-corrected chi connectivity index (χ4v) is 5.39. The van der Waals surface area contributed by atoms with Crippen LogP contribution in [0.15, 0.2) is 24.3 Å². The van der Waals surface area contributed by atoms with E-state index in [2.05, 4.69) is 38.1 Å². The summed E-state index contributed by atoms with van der Waals surface area (Å²) < 4.78 is 6.02. The van der Waals surface area contributed by atoms with Crippen molar-refractivity contribution in [3.05, 3.63) is 29.8 Å². The Balaban J connectivity index is 1.36. The van der Waals surface area contributed by atoms with E-state index < -0.39 is 0 Å². The summed E-state index contributed by atoms with van der Waals surface area (Å²) in [6, 6.07) is 9.06. The third-order valence-electron chi connectivity index (χ3n) is 7.17. The molecule has 1 aromatic carbocycles. The minimum Gasteiger partial charge on any atom is -0.494 e. The van der Waals surface area contributed by atoms with Crippen molar-refractivity contribution in [2.45, 2.75) is 96.8 Å². The first kappa shape index (κ1) is 19.8. The summed E-state index contributed by atoms with van der Waals surface area (Å²) in [5, 5.41) is 0. The molecule has 0 aromatic heterocycles. The maximum absolute atomic E-state index is 6.02. The Morgan fingerprint density at radius 1 is 0.885 bits per heavy atom. The van der Waals surface area contributed by atoms with Crippen LogP contribution in [-0.4, -0.2) is 6.61 Å². The maximum atomic E-state index is 6.02. The third kappa shape index (κ3) is 5.76. The standard InChI is InChI=1S/C25H40O/c1-3-7-21-11-13-23(14-12-21)24-15-17-25(18-16-24)26-19-6-10-22-9-5-4-8-20(22)2/h15-18,20-23H,3-14,19H2,1-2H3. The monoisotopic (exact) mass is 356 g/mol. The lowest BCUT2D eigenvalue weighted by atomic mass is 9.77. The highest BCUT2D eigenvalue weighted by atomic mass is 16.5. The van der Waals surface area contributed by atoms with Gasteiger partial charge in [-0.15, -0.1) is 0 Å². The van der Waals surface area contributed by atoms with Crippen LogP contribution in [0.5, 0.6) is 5.75 Å². The largest absolute Gasteiger partial charge is 0.494 e. The van der Waals surface area contributed by atoms with Crippen LogP contribution in [0.4, 0.5) is 0 Å². The molecule has 0 saturated heterocycles. The molecule has 0 heterocycles. The van der Waals surface area contributed by atoms with Gasteiger partial charge in [-0.1, -0.05) is 64.5 Å². The second kappa shape index (κ2) is 10.4. The fourth-order valence-electron chi connectivity index (χ4n) is 5.39. The molecule has 2 unspecified atom stereocenters. The van der Waals surface area contributed by atoms with Gasteiger partial charge in [0.25, 0.3) is 0 Å². The van der Waals surface area contributed by atoms with Crippen molar-refractivity contribution in [2.24, 2.45) is 17.8 Å². The first-order valence-corrected chi connectivity index (χ1v) is 11.5. The van der Waals surface area contributed by atoms with Gasteiger partial charge in [-0.2, -0.15) is 0 Å². The Morgan fingerprint density at radius 2 is 1.62 bits per heavy atom. The van der Waals surface area contributed by atoms with Gasteiger partial charge in [0.05, 0.1) is 6.61 Å². The van der Waals surface area contributed by atoms with E-state index in [-0.39, 0.29) is 0 Å². The predicted octanol–water partition coefficient (Wildman–Crippen LogP) is 7.75. The van der Waals surface area contributed by atoms with E-state index in [4.69, 9.17) is 4.74 Å². The smallest absolute Gasteiger partial charge is 0.119 e. The Kier molecular flexibility index (Phi) is 7.89. The molecular formula is C25H40O. The summed E-state index contributed by atoms with van der Waals surface area (Å²) in [7, 11) is 0. The van der Waals surface area contributed by atoms with E-state index in [1.165, 1.54) is 82.6 Å². The summed E-state index contributed by atoms with van der Waals surface area (Å²) in [5.41, 5.74) is 1.53. The third-order valence-corrected chi connectivity index (χ3v) is 7.17. The molecule has 2 aliphatic rings. The summed E-state index contributed by atoms with van der Waals surface area (Å²) in [5.74, 6) is 4.70. The number of benzene rings is 1. The second-order valence-electron chi connectivity index (χ2n) is 9.09. The van der Waals surface area contributed by atoms with Crippen LogP contribution >= 0.6 is 0 Å². The average molecular weight is 357 g/mol. The van der Waals surface area contributed by atoms with Crippen molar-refractivity contribution < 1.29 is 4.74 Å². The maximum Gasteiger partial charge on any atom is 0.119 e. The van der Waals surface area contributed by atoms with Crippen molar-refractivity contribution in [3.63, 3.8) is 0 Å². The fraction of sp³-hybridized carbons (Fsp3) is 0.760. The Hall–Kier alpha value is -0.980. The molecule has 1 heteroatoms. The average Bonchev–Trinajstić information content (AvgIpc) is 2.68. The van der Waals surface area contributed by atoms with Gasteiger partial charge < -0.3 is 4.74 Å². The van der Waals surface area contributed by atoms with Crippen LogP contribution in [0.3, 0.4) is 0 Å². The molecular weight excluding hydrogens is 316 g/mol. The van der Waals surface area contributed by atoms with Crippen LogP contribution in [0, 0.1) is 17.8 Å². The molecule has 0 amide bonds. The second-order valence-corrected chi connectivity index (χ2v) is 9.09. The molecule has 0 bridgehead atoms. The summed E-state index contributed by atoms with van der Waals surface area (Å²) in [6.45, 7) is 5.64. The van der Waals surface area contributed by atoms with Gasteiger partial charge >= 0.3 is 0 Å². The summed E-state index contributed by atoms with van der Waals surface area (Å²) in [4.78, 5) is 0. The molecule has 0 spiro atoms. The van der Waals surface area contributed by atoms with E-state index in [1.54, 1.807) is 0 Å². The molecule has 146 valence electrons. The molecule has 3 rings (SSSR count). The zero-order valence-electron chi connectivity index (χ0n) is 17.2. The van der Waals surface area contributed by atoms with E-state index in [1.807, 2.05) is 0 Å². The summed E-state index contributed by atoms with van der Waals surface area (Å²) in [6.07, 6.45) is 16.7. The lowest BCUT2D eigenvalue weighted by Crippen LogP contribution is -2.17. The Morgan fingerprint density at radius 3 is 2.31 bits per heavy atom. The van der Waals surface area contributed by atoms with Crippen molar-refractivity contribution in [2.75, 3.05) is 6.61 Å². The van der Waals surface area contributed by atoms with Crippen LogP contribution < -0.4 is 4.74 Å². The lowest BCUT2D eigenvalue weighted by Gasteiger charge is -2.29. The molecule has 2 atom stereocenters. The van der Waals surface area contributed by atoms with Gasteiger partial charge in [0.2, 0.25) is 0 Å². The molecule has 2 aliphatic carbocycles. The van der Waals surface area contributed by atoms with Crippen LogP contribution in [-0.2, 0) is 0 Å². The molecule has 0 aliphatic heterocycles.